The van der Waals surface area contributed by atoms with Crippen LogP contribution < -0.4 is 0 Å². The van der Waals surface area contributed by atoms with Gasteiger partial charge in [0.2, 0.25) is 0 Å². The molecule has 111 heavy (non-hydrogen) atoms. The average Bonchev–Trinajstić information content (AvgIpc) is 0.889. The van der Waals surface area contributed by atoms with Crippen molar-refractivity contribution in [2.45, 2.75) is 386 Å². The van der Waals surface area contributed by atoms with Gasteiger partial charge in [-0.15, -0.1) is 0 Å². The highest BCUT2D eigenvalue weighted by molar-refractivity contribution is 7.47. The second-order valence-corrected chi connectivity index (χ2v) is 32.2. The summed E-state index contributed by atoms with van der Waals surface area (Å²) >= 11 is 0. The summed E-state index contributed by atoms with van der Waals surface area (Å²) in [6, 6.07) is 0. The number of hydrogen-bond acceptors (Lipinski definition) is 14. The van der Waals surface area contributed by atoms with Gasteiger partial charge in [-0.1, -0.05) is 340 Å². The second kappa shape index (κ2) is 84.8. The first-order chi connectivity index (χ1) is 54.2. The Labute approximate surface area is 677 Å². The van der Waals surface area contributed by atoms with Crippen molar-refractivity contribution in [1.82, 2.24) is 0 Å². The topological polar surface area (TPSA) is 231 Å². The molecule has 0 spiro atoms. The predicted molar refractivity (Wildman–Crippen MR) is 463 cm³/mol. The van der Waals surface area contributed by atoms with Crippen molar-refractivity contribution < 1.29 is 75.8 Å². The molecule has 0 saturated heterocycles. The minimum absolute atomic E-state index is 0.0796. The zero-order chi connectivity index (χ0) is 80.8. The number of carbonyl (C=O) groups excluding carboxylic acids is 3. The van der Waals surface area contributed by atoms with Crippen LogP contribution in [0.1, 0.15) is 367 Å². The summed E-state index contributed by atoms with van der Waals surface area (Å²) in [5.41, 5.74) is 0. The molecule has 0 aliphatic rings. The first-order valence-corrected chi connectivity index (χ1v) is 47.1. The molecule has 0 fully saturated rings. The molecule has 0 aromatic rings. The van der Waals surface area contributed by atoms with Gasteiger partial charge in [0.25, 0.3) is 0 Å². The molecule has 0 aromatic carbocycles. The van der Waals surface area contributed by atoms with E-state index in [0.29, 0.717) is 19.3 Å². The van der Waals surface area contributed by atoms with E-state index in [-0.39, 0.29) is 19.3 Å². The summed E-state index contributed by atoms with van der Waals surface area (Å²) < 4.78 is 61.4. The summed E-state index contributed by atoms with van der Waals surface area (Å²) in [6.07, 6.45) is 106. The maximum atomic E-state index is 13.0. The van der Waals surface area contributed by atoms with Crippen LogP contribution in [0, 0.1) is 0 Å². The van der Waals surface area contributed by atoms with Crippen molar-refractivity contribution in [3.8, 4) is 0 Å². The Morgan fingerprint density at radius 3 is 0.712 bits per heavy atom. The van der Waals surface area contributed by atoms with Gasteiger partial charge in [-0.3, -0.25) is 32.5 Å². The molecule has 0 rings (SSSR count). The molecule has 5 unspecified atom stereocenters. The summed E-state index contributed by atoms with van der Waals surface area (Å²) in [5, 5.41) is 20.7. The molecule has 0 heterocycles. The zero-order valence-electron chi connectivity index (χ0n) is 70.1. The third-order valence-electron chi connectivity index (χ3n) is 18.5. The minimum atomic E-state index is -4.95. The van der Waals surface area contributed by atoms with Gasteiger partial charge >= 0.3 is 33.6 Å². The molecule has 16 nitrogen and oxygen atoms in total. The van der Waals surface area contributed by atoms with Crippen molar-refractivity contribution >= 4 is 33.6 Å². The zero-order valence-corrected chi connectivity index (χ0v) is 71.9. The van der Waals surface area contributed by atoms with E-state index in [1.54, 1.807) is 0 Å². The summed E-state index contributed by atoms with van der Waals surface area (Å²) in [7, 11) is -9.81. The molecule has 0 amide bonds. The molecule has 0 aliphatic carbocycles. The van der Waals surface area contributed by atoms with E-state index in [2.05, 4.69) is 167 Å². The number of esters is 3. The van der Waals surface area contributed by atoms with Crippen LogP contribution in [0.5, 0.6) is 0 Å². The van der Waals surface area contributed by atoms with Crippen LogP contribution in [0.3, 0.4) is 0 Å². The normalized spacial score (nSPS) is 14.5. The van der Waals surface area contributed by atoms with Crippen molar-refractivity contribution in [3.05, 3.63) is 146 Å². The summed E-state index contributed by atoms with van der Waals surface area (Å²) in [4.78, 5) is 58.9. The number of hydrogen-bond donors (Lipinski definition) is 4. The van der Waals surface area contributed by atoms with Crippen molar-refractivity contribution in [2.24, 2.45) is 0 Å². The standard InChI is InChI=1S/C93H160O16P2/c1-4-7-10-13-16-19-22-25-28-31-34-37-39-41-43-45-47-50-52-55-58-61-64-67-70-73-76-79-91(96)103-82-88(94)83-105-110(99,100)106-84-89(95)85-107-111(101,102)108-87-90(109-93(98)81-78-75-72-69-66-63-60-57-54-49-36-33-30-27-24-21-18-15-12-9-6-3)86-104-92(97)80-77-74-71-68-65-62-59-56-53-51-48-46-44-42-40-38-35-32-29-26-23-20-17-14-11-8-5-2/h16-21,25-30,34-38,41-44,49,57,60,88-90,94-95H,4-15,22-24,31-33,39-40,45-48,50-56,58-59,61-87H2,1-3H3,(H,99,100)(H,101,102)/b19-16-,20-17-,21-18-,28-25-,29-26-,30-27-,37-34-,38-35-,43-41-,44-42-,49-36-,60-57-. The first kappa shape index (κ1) is 106. The average molecular weight is 1600 g/mol. The third kappa shape index (κ3) is 86.1. The van der Waals surface area contributed by atoms with Gasteiger partial charge in [-0.2, -0.15) is 0 Å². The lowest BCUT2D eigenvalue weighted by Gasteiger charge is -2.21. The molecule has 0 bridgehead atoms. The van der Waals surface area contributed by atoms with Crippen molar-refractivity contribution in [3.63, 3.8) is 0 Å². The van der Waals surface area contributed by atoms with Crippen LogP contribution in [0.15, 0.2) is 146 Å². The fourth-order valence-corrected chi connectivity index (χ4v) is 13.3. The summed E-state index contributed by atoms with van der Waals surface area (Å²) in [5.74, 6) is -1.60. The van der Waals surface area contributed by atoms with E-state index in [1.165, 1.54) is 154 Å². The van der Waals surface area contributed by atoms with Gasteiger partial charge in [0.05, 0.1) is 26.4 Å². The molecular weight excluding hydrogens is 1430 g/mol. The van der Waals surface area contributed by atoms with Gasteiger partial charge in [0.1, 0.15) is 25.4 Å². The largest absolute Gasteiger partial charge is 0.472 e. The number of unbranched alkanes of at least 4 members (excludes halogenated alkanes) is 36. The maximum Gasteiger partial charge on any atom is 0.472 e. The Balaban J connectivity index is 4.66. The van der Waals surface area contributed by atoms with Crippen molar-refractivity contribution in [1.29, 1.82) is 0 Å². The minimum Gasteiger partial charge on any atom is -0.463 e. The van der Waals surface area contributed by atoms with E-state index in [4.69, 9.17) is 32.3 Å². The molecule has 638 valence electrons. The maximum absolute atomic E-state index is 13.0. The number of phosphoric ester groups is 2. The SMILES string of the molecule is CCCCC/C=C\C/C=C\C/C=C\C/C=C\CCCCCCCCCCCCCC(=O)OCC(O)COP(=O)(O)OCC(O)COP(=O)(O)OCC(COC(=O)CCCCCCCCCCCCC/C=C\C/C=C\C/C=C\C/C=C\CCCCC)OC(=O)CCCCCCC/C=C\C/C=C\C/C=C\C/C=C\CCCCC. The number of phosphoric acid groups is 2. The fraction of sp³-hybridized carbons (Fsp3) is 0.710. The Hall–Kier alpha value is -4.57. The third-order valence-corrected chi connectivity index (χ3v) is 20.4. The van der Waals surface area contributed by atoms with Crippen molar-refractivity contribution in [2.75, 3.05) is 39.6 Å². The molecule has 0 aliphatic heterocycles. The van der Waals surface area contributed by atoms with E-state index in [1.807, 2.05) is 0 Å². The van der Waals surface area contributed by atoms with E-state index < -0.39 is 91.5 Å². The lowest BCUT2D eigenvalue weighted by atomic mass is 10.0. The lowest BCUT2D eigenvalue weighted by Crippen LogP contribution is -2.30. The molecule has 0 aromatic heterocycles. The van der Waals surface area contributed by atoms with E-state index >= 15 is 0 Å². The van der Waals surface area contributed by atoms with Crippen LogP contribution in [0.25, 0.3) is 0 Å². The van der Waals surface area contributed by atoms with Gasteiger partial charge in [-0.05, 0) is 154 Å². The molecule has 4 N–H and O–H groups in total. The van der Waals surface area contributed by atoms with Crippen LogP contribution >= 0.6 is 15.6 Å². The molecule has 5 atom stereocenters. The van der Waals surface area contributed by atoms with Gasteiger partial charge in [0, 0.05) is 19.3 Å². The predicted octanol–water partition coefficient (Wildman–Crippen LogP) is 26.8. The quantitative estimate of drug-likeness (QED) is 0.0146. The highest BCUT2D eigenvalue weighted by atomic mass is 31.2. The number of rotatable bonds is 83. The van der Waals surface area contributed by atoms with Gasteiger partial charge in [-0.25, -0.2) is 9.13 Å². The summed E-state index contributed by atoms with van der Waals surface area (Å²) in [6.45, 7) is 2.61. The molecular formula is C93H160O16P2. The lowest BCUT2D eigenvalue weighted by molar-refractivity contribution is -0.161. The van der Waals surface area contributed by atoms with Crippen LogP contribution in [-0.2, 0) is 55.8 Å². The molecule has 0 radical (unpaired) electrons. The molecule has 18 heteroatoms. The number of aliphatic hydroxyl groups is 2. The van der Waals surface area contributed by atoms with Crippen LogP contribution in [0.4, 0.5) is 0 Å². The Morgan fingerprint density at radius 2 is 0.450 bits per heavy atom. The Bertz CT molecular complexity index is 2600. The highest BCUT2D eigenvalue weighted by Gasteiger charge is 2.29. The van der Waals surface area contributed by atoms with E-state index in [0.717, 1.165) is 154 Å². The first-order valence-electron chi connectivity index (χ1n) is 44.1. The number of allylic oxidation sites excluding steroid dienone is 24. The Morgan fingerprint density at radius 1 is 0.252 bits per heavy atom. The smallest absolute Gasteiger partial charge is 0.463 e. The highest BCUT2D eigenvalue weighted by Crippen LogP contribution is 2.45. The second-order valence-electron chi connectivity index (χ2n) is 29.3. The fourth-order valence-electron chi connectivity index (χ4n) is 11.8. The molecule has 0 saturated carbocycles. The van der Waals surface area contributed by atoms with Gasteiger partial charge in [0.15, 0.2) is 6.10 Å². The van der Waals surface area contributed by atoms with E-state index in [9.17, 15) is 43.5 Å². The number of aliphatic hydroxyl groups excluding tert-OH is 2. The number of ether oxygens (including phenoxy) is 3. The monoisotopic (exact) mass is 1600 g/mol. The van der Waals surface area contributed by atoms with Crippen LogP contribution in [0.2, 0.25) is 0 Å². The van der Waals surface area contributed by atoms with Gasteiger partial charge < -0.3 is 34.2 Å². The Kier molecular flexibility index (Phi) is 81.3. The number of carbonyl (C=O) groups is 3. The van der Waals surface area contributed by atoms with Crippen LogP contribution in [-0.4, -0.2) is 95.9 Å².